The van der Waals surface area contributed by atoms with Crippen LogP contribution in [-0.2, 0) is 6.42 Å². The highest BCUT2D eigenvalue weighted by atomic mass is 16.1. The molecule has 31 heavy (non-hydrogen) atoms. The Morgan fingerprint density at radius 3 is 1.32 bits per heavy atom. The summed E-state index contributed by atoms with van der Waals surface area (Å²) in [5, 5.41) is 0. The zero-order valence-electron chi connectivity index (χ0n) is 21.6. The molecule has 2 aromatic rings. The smallest absolute Gasteiger partial charge is 0.163 e. The third-order valence-corrected chi connectivity index (χ3v) is 6.42. The maximum atomic E-state index is 13.6. The van der Waals surface area contributed by atoms with Gasteiger partial charge >= 0.3 is 0 Å². The van der Waals surface area contributed by atoms with Gasteiger partial charge in [-0.3, -0.25) is 4.79 Å². The summed E-state index contributed by atoms with van der Waals surface area (Å²) in [5.74, 6) is 2.43. The number of carbonyl (C=O) groups is 1. The lowest BCUT2D eigenvalue weighted by Gasteiger charge is -2.22. The van der Waals surface area contributed by atoms with Crippen LogP contribution in [0, 0.1) is 0 Å². The zero-order valence-corrected chi connectivity index (χ0v) is 21.6. The highest BCUT2D eigenvalue weighted by molar-refractivity contribution is 5.99. The van der Waals surface area contributed by atoms with E-state index in [-0.39, 0.29) is 0 Å². The predicted octanol–water partition coefficient (Wildman–Crippen LogP) is 9.12. The van der Waals surface area contributed by atoms with Gasteiger partial charge in [-0.05, 0) is 69.4 Å². The largest absolute Gasteiger partial charge is 0.294 e. The van der Waals surface area contributed by atoms with Crippen LogP contribution in [0.5, 0.6) is 0 Å². The monoisotopic (exact) mass is 420 g/mol. The SMILES string of the molecule is CC(C)c1cc(CCC(=O)c2c(C(C)C)cc(C(C)C)cc2C(C)C)cc(C(C)C)c1. The molecule has 0 N–H and O–H groups in total. The van der Waals surface area contributed by atoms with Gasteiger partial charge in [-0.1, -0.05) is 99.6 Å². The van der Waals surface area contributed by atoms with Crippen molar-refractivity contribution in [1.82, 2.24) is 0 Å². The minimum atomic E-state index is 0.295. The molecule has 0 saturated carbocycles. The van der Waals surface area contributed by atoms with Crippen molar-refractivity contribution in [3.63, 3.8) is 0 Å². The van der Waals surface area contributed by atoms with E-state index in [0.29, 0.717) is 41.8 Å². The molecule has 0 aromatic heterocycles. The lowest BCUT2D eigenvalue weighted by molar-refractivity contribution is 0.0980. The summed E-state index contributed by atoms with van der Waals surface area (Å²) < 4.78 is 0. The molecule has 2 aromatic carbocycles. The van der Waals surface area contributed by atoms with Crippen LogP contribution in [0.25, 0.3) is 0 Å². The van der Waals surface area contributed by atoms with E-state index < -0.39 is 0 Å². The van der Waals surface area contributed by atoms with Gasteiger partial charge in [-0.25, -0.2) is 0 Å². The summed E-state index contributed by atoms with van der Waals surface area (Å²) in [7, 11) is 0. The first-order valence-corrected chi connectivity index (χ1v) is 12.3. The van der Waals surface area contributed by atoms with Crippen LogP contribution in [0.1, 0.15) is 149 Å². The van der Waals surface area contributed by atoms with Crippen molar-refractivity contribution in [1.29, 1.82) is 0 Å². The molecule has 0 saturated heterocycles. The molecule has 0 aliphatic carbocycles. The number of aryl methyl sites for hydroxylation is 1. The van der Waals surface area contributed by atoms with Crippen LogP contribution < -0.4 is 0 Å². The maximum Gasteiger partial charge on any atom is 0.163 e. The summed E-state index contributed by atoms with van der Waals surface area (Å²) in [6, 6.07) is 11.5. The molecule has 170 valence electrons. The third kappa shape index (κ3) is 6.31. The topological polar surface area (TPSA) is 17.1 Å². The molecule has 1 nitrogen and oxygen atoms in total. The standard InChI is InChI=1S/C30H44O/c1-18(2)24-13-23(14-25(15-24)19(3)4)11-12-29(31)30-27(21(7)8)16-26(20(5)6)17-28(30)22(9)10/h13-22H,11-12H2,1-10H3. The Balaban J connectivity index is 2.42. The Morgan fingerprint density at radius 1 is 0.581 bits per heavy atom. The van der Waals surface area contributed by atoms with Gasteiger partial charge in [0.2, 0.25) is 0 Å². The molecule has 0 bridgehead atoms. The van der Waals surface area contributed by atoms with Gasteiger partial charge in [0.1, 0.15) is 0 Å². The van der Waals surface area contributed by atoms with Gasteiger partial charge in [0, 0.05) is 12.0 Å². The van der Waals surface area contributed by atoms with Gasteiger partial charge in [0.15, 0.2) is 5.78 Å². The molecule has 0 aliphatic rings. The van der Waals surface area contributed by atoms with Gasteiger partial charge in [-0.2, -0.15) is 0 Å². The van der Waals surface area contributed by atoms with Crippen LogP contribution in [0.4, 0.5) is 0 Å². The quantitative estimate of drug-likeness (QED) is 0.370. The molecule has 0 radical (unpaired) electrons. The van der Waals surface area contributed by atoms with Crippen molar-refractivity contribution in [3.8, 4) is 0 Å². The summed E-state index contributed by atoms with van der Waals surface area (Å²) >= 11 is 0. The molecule has 0 unspecified atom stereocenters. The first-order chi connectivity index (χ1) is 14.4. The summed E-state index contributed by atoms with van der Waals surface area (Å²) in [6.07, 6.45) is 1.37. The van der Waals surface area contributed by atoms with Crippen molar-refractivity contribution < 1.29 is 4.79 Å². The van der Waals surface area contributed by atoms with Crippen LogP contribution >= 0.6 is 0 Å². The third-order valence-electron chi connectivity index (χ3n) is 6.42. The first-order valence-electron chi connectivity index (χ1n) is 12.3. The van der Waals surface area contributed by atoms with Crippen molar-refractivity contribution in [2.75, 3.05) is 0 Å². The second kappa shape index (κ2) is 10.6. The van der Waals surface area contributed by atoms with E-state index in [0.717, 1.165) is 12.0 Å². The predicted molar refractivity (Wildman–Crippen MR) is 136 cm³/mol. The minimum Gasteiger partial charge on any atom is -0.294 e. The van der Waals surface area contributed by atoms with Crippen molar-refractivity contribution in [3.05, 3.63) is 69.3 Å². The molecule has 0 amide bonds. The van der Waals surface area contributed by atoms with E-state index in [4.69, 9.17) is 0 Å². The lowest BCUT2D eigenvalue weighted by atomic mass is 9.82. The van der Waals surface area contributed by atoms with Gasteiger partial charge in [0.25, 0.3) is 0 Å². The highest BCUT2D eigenvalue weighted by Gasteiger charge is 2.22. The van der Waals surface area contributed by atoms with Crippen molar-refractivity contribution >= 4 is 5.78 Å². The molecular formula is C30H44O. The first kappa shape index (κ1) is 25.4. The fourth-order valence-electron chi connectivity index (χ4n) is 4.22. The van der Waals surface area contributed by atoms with Crippen LogP contribution in [0.2, 0.25) is 0 Å². The number of ketones is 1. The van der Waals surface area contributed by atoms with Crippen LogP contribution in [0.3, 0.4) is 0 Å². The summed E-state index contributed by atoms with van der Waals surface area (Å²) in [6.45, 7) is 22.3. The van der Waals surface area contributed by atoms with Gasteiger partial charge in [-0.15, -0.1) is 0 Å². The summed E-state index contributed by atoms with van der Waals surface area (Å²) in [5.41, 5.74) is 8.81. The second-order valence-electron chi connectivity index (χ2n) is 10.8. The van der Waals surface area contributed by atoms with Crippen molar-refractivity contribution in [2.24, 2.45) is 0 Å². The fourth-order valence-corrected chi connectivity index (χ4v) is 4.22. The Morgan fingerprint density at radius 2 is 0.968 bits per heavy atom. The average Bonchev–Trinajstić information content (AvgIpc) is 2.70. The van der Waals surface area contributed by atoms with E-state index in [2.05, 4.69) is 99.6 Å². The molecule has 0 atom stereocenters. The highest BCUT2D eigenvalue weighted by Crippen LogP contribution is 2.33. The van der Waals surface area contributed by atoms with E-state index >= 15 is 0 Å². The fraction of sp³-hybridized carbons (Fsp3) is 0.567. The number of carbonyl (C=O) groups excluding carboxylic acids is 1. The number of hydrogen-bond acceptors (Lipinski definition) is 1. The van der Waals surface area contributed by atoms with E-state index in [1.807, 2.05) is 0 Å². The Labute approximate surface area is 191 Å². The lowest BCUT2D eigenvalue weighted by Crippen LogP contribution is -2.13. The number of benzene rings is 2. The van der Waals surface area contributed by atoms with Gasteiger partial charge in [0.05, 0.1) is 0 Å². The molecule has 2 rings (SSSR count). The normalized spacial score (nSPS) is 12.1. The average molecular weight is 421 g/mol. The number of Topliss-reactive ketones (excluding diaryl/α,β-unsaturated/α-hetero) is 1. The number of rotatable bonds is 9. The molecular weight excluding hydrogens is 376 g/mol. The summed E-state index contributed by atoms with van der Waals surface area (Å²) in [4.78, 5) is 13.6. The molecule has 0 aliphatic heterocycles. The molecule has 1 heteroatoms. The van der Waals surface area contributed by atoms with E-state index in [9.17, 15) is 4.79 Å². The van der Waals surface area contributed by atoms with Crippen LogP contribution in [-0.4, -0.2) is 5.78 Å². The molecule has 0 heterocycles. The Kier molecular flexibility index (Phi) is 8.69. The second-order valence-corrected chi connectivity index (χ2v) is 10.8. The Hall–Kier alpha value is -1.89. The van der Waals surface area contributed by atoms with E-state index in [1.54, 1.807) is 0 Å². The minimum absolute atomic E-state index is 0.295. The van der Waals surface area contributed by atoms with E-state index in [1.165, 1.54) is 33.4 Å². The molecule has 0 fully saturated rings. The van der Waals surface area contributed by atoms with Crippen molar-refractivity contribution in [2.45, 2.75) is 112 Å². The van der Waals surface area contributed by atoms with Crippen LogP contribution in [0.15, 0.2) is 30.3 Å². The van der Waals surface area contributed by atoms with Gasteiger partial charge < -0.3 is 0 Å². The Bertz CT molecular complexity index is 841. The maximum absolute atomic E-state index is 13.6. The molecule has 0 spiro atoms. The zero-order chi connectivity index (χ0) is 23.5. The number of hydrogen-bond donors (Lipinski definition) is 0.